The first-order valence-electron chi connectivity index (χ1n) is 17.0. The first-order chi connectivity index (χ1) is 25.3. The number of halogens is 6. The first kappa shape index (κ1) is 34.6. The predicted octanol–water partition coefficient (Wildman–Crippen LogP) is 5.18. The van der Waals surface area contributed by atoms with E-state index >= 15 is 4.39 Å². The van der Waals surface area contributed by atoms with E-state index in [-0.39, 0.29) is 83.3 Å². The summed E-state index contributed by atoms with van der Waals surface area (Å²) in [6.45, 7) is 0.929. The molecule has 0 radical (unpaired) electrons. The molecule has 4 aliphatic rings. The Balaban J connectivity index is 1.23. The van der Waals surface area contributed by atoms with E-state index in [1.54, 1.807) is 4.90 Å². The molecule has 6 heterocycles. The topological polar surface area (TPSA) is 131 Å². The van der Waals surface area contributed by atoms with Crippen LogP contribution < -0.4 is 9.64 Å². The van der Waals surface area contributed by atoms with Crippen molar-refractivity contribution in [3.8, 4) is 35.4 Å². The highest BCUT2D eigenvalue weighted by atomic mass is 19.4. The van der Waals surface area contributed by atoms with E-state index in [9.17, 15) is 31.9 Å². The highest BCUT2D eigenvalue weighted by Gasteiger charge is 2.56. The van der Waals surface area contributed by atoms with Crippen molar-refractivity contribution in [1.29, 1.82) is 0 Å². The molecule has 2 bridgehead atoms. The maximum absolute atomic E-state index is 16.9. The van der Waals surface area contributed by atoms with Crippen molar-refractivity contribution in [2.75, 3.05) is 37.7 Å². The summed E-state index contributed by atoms with van der Waals surface area (Å²) in [5, 5.41) is 11.1. The van der Waals surface area contributed by atoms with Crippen LogP contribution in [0, 0.1) is 24.0 Å². The number of fused-ring (bicyclic) bond motifs is 5. The molecule has 274 valence electrons. The zero-order valence-corrected chi connectivity index (χ0v) is 27.9. The third kappa shape index (κ3) is 5.68. The van der Waals surface area contributed by atoms with Crippen LogP contribution in [0.5, 0.6) is 11.8 Å². The van der Waals surface area contributed by atoms with E-state index in [4.69, 9.17) is 16.7 Å². The number of piperazine rings is 1. The van der Waals surface area contributed by atoms with E-state index in [0.717, 1.165) is 17.4 Å². The second kappa shape index (κ2) is 12.6. The molecule has 0 spiro atoms. The van der Waals surface area contributed by atoms with Gasteiger partial charge in [-0.1, -0.05) is 12.0 Å². The Hall–Kier alpha value is -5.46. The molecule has 11 nitrogen and oxygen atoms in total. The highest BCUT2D eigenvalue weighted by Crippen LogP contribution is 2.43. The number of aromatic nitrogens is 3. The minimum atomic E-state index is -5.18. The molecule has 17 heteroatoms. The minimum Gasteiger partial charge on any atom is -0.508 e. The minimum absolute atomic E-state index is 0.00811. The van der Waals surface area contributed by atoms with Crippen LogP contribution in [0.4, 0.5) is 32.2 Å². The standard InChI is InChI=1S/C36H30F6N8O3/c1-2-23-26(38)7-4-18-10-22(51)11-24(27(18)23)29-28(39)30-25(13-44-29)32(46-34(45-30)53-17-35-8-3-9-49(35)14-19(37)12-35)48-15-20-5-6-21(16-48)50(20)33(52)31(47-43)36(40,41)42/h1,4,7,10-11,13,19-21,51H,3,5-6,8-9,12,14-17H2/t19-,20?,21?,35+/m1/s1. The van der Waals surface area contributed by atoms with Crippen LogP contribution in [0.2, 0.25) is 0 Å². The fraction of sp³-hybridized carbons (Fsp3) is 0.417. The summed E-state index contributed by atoms with van der Waals surface area (Å²) in [7, 11) is 0. The number of terminal acetylenes is 1. The molecule has 0 aliphatic carbocycles. The van der Waals surface area contributed by atoms with Crippen LogP contribution in [0.15, 0.2) is 30.5 Å². The van der Waals surface area contributed by atoms with Crippen molar-refractivity contribution in [3.05, 3.63) is 53.2 Å². The molecular formula is C36H30F6N8O3. The normalized spacial score (nSPS) is 24.1. The average molecular weight is 737 g/mol. The molecule has 53 heavy (non-hydrogen) atoms. The number of hydrogen-bond donors (Lipinski definition) is 1. The van der Waals surface area contributed by atoms with Crippen LogP contribution in [0.25, 0.3) is 38.5 Å². The number of rotatable bonds is 6. The number of nitrogens with zero attached hydrogens (tertiary/aromatic N) is 8. The summed E-state index contributed by atoms with van der Waals surface area (Å²) in [6.07, 6.45) is 3.15. The van der Waals surface area contributed by atoms with Crippen LogP contribution in [0.3, 0.4) is 0 Å². The van der Waals surface area contributed by atoms with Gasteiger partial charge >= 0.3 is 23.8 Å². The third-order valence-corrected chi connectivity index (χ3v) is 10.9. The van der Waals surface area contributed by atoms with Crippen LogP contribution in [0.1, 0.15) is 37.7 Å². The summed E-state index contributed by atoms with van der Waals surface area (Å²) in [5.74, 6) is -1.01. The van der Waals surface area contributed by atoms with Gasteiger partial charge in [-0.3, -0.25) is 14.7 Å². The van der Waals surface area contributed by atoms with Gasteiger partial charge in [-0.2, -0.15) is 27.9 Å². The highest BCUT2D eigenvalue weighted by molar-refractivity contribution is 6.38. The van der Waals surface area contributed by atoms with Gasteiger partial charge in [-0.05, 0) is 55.8 Å². The van der Waals surface area contributed by atoms with Crippen molar-refractivity contribution in [1.82, 2.24) is 24.8 Å². The van der Waals surface area contributed by atoms with E-state index in [1.165, 1.54) is 24.4 Å². The lowest BCUT2D eigenvalue weighted by Gasteiger charge is -2.41. The van der Waals surface area contributed by atoms with Crippen LogP contribution in [-0.2, 0) is 4.79 Å². The quantitative estimate of drug-likeness (QED) is 0.0943. The third-order valence-electron chi connectivity index (χ3n) is 10.9. The van der Waals surface area contributed by atoms with Gasteiger partial charge in [0.2, 0.25) is 0 Å². The van der Waals surface area contributed by atoms with Gasteiger partial charge < -0.3 is 25.2 Å². The van der Waals surface area contributed by atoms with E-state index in [2.05, 4.69) is 25.7 Å². The van der Waals surface area contributed by atoms with Gasteiger partial charge in [-0.25, -0.2) is 13.2 Å². The van der Waals surface area contributed by atoms with Crippen molar-refractivity contribution >= 4 is 39.1 Å². The Kier molecular flexibility index (Phi) is 8.23. The molecule has 0 saturated carbocycles. The van der Waals surface area contributed by atoms with Crippen molar-refractivity contribution in [3.63, 3.8) is 0 Å². The second-order valence-corrected chi connectivity index (χ2v) is 14.0. The monoisotopic (exact) mass is 736 g/mol. The summed E-state index contributed by atoms with van der Waals surface area (Å²) < 4.78 is 93.1. The number of carbonyl (C=O) groups excluding carboxylic acids is 1. The summed E-state index contributed by atoms with van der Waals surface area (Å²) in [4.78, 5) is 33.4. The maximum Gasteiger partial charge on any atom is 0.501 e. The Labute approximate surface area is 297 Å². The molecule has 4 saturated heterocycles. The Morgan fingerprint density at radius 3 is 2.60 bits per heavy atom. The Bertz CT molecular complexity index is 2280. The smallest absolute Gasteiger partial charge is 0.501 e. The molecule has 4 fully saturated rings. The number of pyridine rings is 1. The fourth-order valence-corrected chi connectivity index (χ4v) is 8.67. The molecule has 1 N–H and O–H groups in total. The molecule has 1 amide bonds. The van der Waals surface area contributed by atoms with Crippen molar-refractivity contribution in [2.24, 2.45) is 0 Å². The summed E-state index contributed by atoms with van der Waals surface area (Å²) in [5.41, 5.74) is 5.76. The maximum atomic E-state index is 16.9. The summed E-state index contributed by atoms with van der Waals surface area (Å²) >= 11 is 0. The Morgan fingerprint density at radius 1 is 1.15 bits per heavy atom. The van der Waals surface area contributed by atoms with E-state index in [0.29, 0.717) is 31.2 Å². The SMILES string of the molecule is C#Cc1c(F)ccc2cc(O)cc(-c3ncc4c(N5CC6CCC(C5)N6C(=O)C(=[N+]=[N-])C(F)(F)F)nc(OC[C@@]56CCCN5C[C@H](F)C6)nc4c3F)c12. The molecule has 2 aromatic heterocycles. The number of phenolic OH excluding ortho intramolecular Hbond substituents is 1. The lowest BCUT2D eigenvalue weighted by Crippen LogP contribution is -2.59. The average Bonchev–Trinajstić information content (AvgIpc) is 3.73. The number of amides is 1. The number of anilines is 1. The van der Waals surface area contributed by atoms with Crippen molar-refractivity contribution in [2.45, 2.75) is 62.1 Å². The number of carbonyl (C=O) groups is 1. The van der Waals surface area contributed by atoms with Crippen LogP contribution in [-0.4, -0.2) is 109 Å². The number of ether oxygens (including phenoxy) is 1. The van der Waals surface area contributed by atoms with Gasteiger partial charge in [0.15, 0.2) is 5.82 Å². The van der Waals surface area contributed by atoms with Gasteiger partial charge in [0, 0.05) is 43.2 Å². The molecule has 2 aromatic carbocycles. The zero-order chi connectivity index (χ0) is 37.4. The number of phenols is 1. The number of aromatic hydroxyl groups is 1. The first-order valence-corrected chi connectivity index (χ1v) is 17.0. The van der Waals surface area contributed by atoms with E-state index < -0.39 is 53.2 Å². The van der Waals surface area contributed by atoms with Crippen LogP contribution >= 0.6 is 0 Å². The molecule has 4 aromatic rings. The number of hydrogen-bond acceptors (Lipinski definition) is 8. The second-order valence-electron chi connectivity index (χ2n) is 14.0. The van der Waals surface area contributed by atoms with Crippen molar-refractivity contribution < 1.29 is 45.8 Å². The van der Waals surface area contributed by atoms with E-state index in [1.807, 2.05) is 4.90 Å². The largest absolute Gasteiger partial charge is 0.508 e. The Morgan fingerprint density at radius 2 is 1.91 bits per heavy atom. The predicted molar refractivity (Wildman–Crippen MR) is 179 cm³/mol. The molecular weight excluding hydrogens is 706 g/mol. The molecule has 4 atom stereocenters. The fourth-order valence-electron chi connectivity index (χ4n) is 8.67. The lowest BCUT2D eigenvalue weighted by atomic mass is 9.95. The van der Waals surface area contributed by atoms with Gasteiger partial charge in [0.25, 0.3) is 0 Å². The van der Waals surface area contributed by atoms with Gasteiger partial charge in [0.1, 0.15) is 41.4 Å². The molecule has 2 unspecified atom stereocenters. The molecule has 4 aliphatic heterocycles. The molecule has 8 rings (SSSR count). The number of benzene rings is 2. The van der Waals surface area contributed by atoms with Gasteiger partial charge in [0.05, 0.1) is 28.6 Å². The lowest BCUT2D eigenvalue weighted by molar-refractivity contribution is -0.147. The number of alkyl halides is 4. The summed E-state index contributed by atoms with van der Waals surface area (Å²) in [6, 6.07) is 3.35. The zero-order valence-electron chi connectivity index (χ0n) is 27.9. The van der Waals surface area contributed by atoms with Gasteiger partial charge in [-0.15, -0.1) is 6.42 Å².